The molecule has 1 aromatic heterocycles. The largest absolute Gasteiger partial charge is 0.494 e. The first-order valence-electron chi connectivity index (χ1n) is 7.88. The molecule has 0 N–H and O–H groups in total. The fourth-order valence-electron chi connectivity index (χ4n) is 1.97. The van der Waals surface area contributed by atoms with Crippen molar-refractivity contribution in [1.82, 2.24) is 10.2 Å². The molecule has 0 atom stereocenters. The van der Waals surface area contributed by atoms with Crippen LogP contribution in [0.3, 0.4) is 0 Å². The highest BCUT2D eigenvalue weighted by Crippen LogP contribution is 2.23. The van der Waals surface area contributed by atoms with Crippen molar-refractivity contribution in [1.29, 1.82) is 5.26 Å². The number of aromatic nitrogens is 2. The number of ether oxygens (including phenoxy) is 2. The number of hydrogen-bond acceptors (Lipinski definition) is 6. The lowest BCUT2D eigenvalue weighted by Gasteiger charge is -2.09. The maximum atomic E-state index is 9.27. The van der Waals surface area contributed by atoms with Crippen molar-refractivity contribution in [3.05, 3.63) is 41.1 Å². The fourth-order valence-corrected chi connectivity index (χ4v) is 2.77. The Morgan fingerprint density at radius 1 is 1.04 bits per heavy atom. The summed E-state index contributed by atoms with van der Waals surface area (Å²) in [6, 6.07) is 9.81. The monoisotopic (exact) mass is 343 g/mol. The Morgan fingerprint density at radius 2 is 1.67 bits per heavy atom. The van der Waals surface area contributed by atoms with Crippen LogP contribution >= 0.6 is 11.8 Å². The number of rotatable bonds is 8. The van der Waals surface area contributed by atoms with Gasteiger partial charge in [0.2, 0.25) is 0 Å². The SMILES string of the molecule is CCCOc1ccc(OCCSc2nnc(C)c(C)c2C#N)cc1. The maximum Gasteiger partial charge on any atom is 0.137 e. The molecular weight excluding hydrogens is 322 g/mol. The Morgan fingerprint density at radius 3 is 2.25 bits per heavy atom. The van der Waals surface area contributed by atoms with Gasteiger partial charge in [0.1, 0.15) is 22.6 Å². The maximum absolute atomic E-state index is 9.27. The quantitative estimate of drug-likeness (QED) is 0.534. The highest BCUT2D eigenvalue weighted by Gasteiger charge is 2.11. The number of aryl methyl sites for hydroxylation is 1. The molecule has 5 nitrogen and oxygen atoms in total. The van der Waals surface area contributed by atoms with Crippen LogP contribution < -0.4 is 9.47 Å². The van der Waals surface area contributed by atoms with E-state index in [-0.39, 0.29) is 0 Å². The smallest absolute Gasteiger partial charge is 0.137 e. The van der Waals surface area contributed by atoms with E-state index < -0.39 is 0 Å². The normalized spacial score (nSPS) is 10.2. The van der Waals surface area contributed by atoms with Crippen LogP contribution in [0.2, 0.25) is 0 Å². The van der Waals surface area contributed by atoms with Crippen LogP contribution in [0.25, 0.3) is 0 Å². The summed E-state index contributed by atoms with van der Waals surface area (Å²) in [5.41, 5.74) is 2.28. The lowest BCUT2D eigenvalue weighted by atomic mass is 10.1. The van der Waals surface area contributed by atoms with Gasteiger partial charge in [-0.1, -0.05) is 18.7 Å². The van der Waals surface area contributed by atoms with Gasteiger partial charge in [-0.15, -0.1) is 5.10 Å². The lowest BCUT2D eigenvalue weighted by molar-refractivity contribution is 0.314. The fraction of sp³-hybridized carbons (Fsp3) is 0.389. The number of thioether (sulfide) groups is 1. The molecule has 0 saturated heterocycles. The zero-order valence-electron chi connectivity index (χ0n) is 14.2. The van der Waals surface area contributed by atoms with Gasteiger partial charge >= 0.3 is 0 Å². The number of benzene rings is 1. The summed E-state index contributed by atoms with van der Waals surface area (Å²) < 4.78 is 11.2. The van der Waals surface area contributed by atoms with Crippen molar-refractivity contribution < 1.29 is 9.47 Å². The van der Waals surface area contributed by atoms with Gasteiger partial charge in [0.05, 0.1) is 24.5 Å². The Balaban J connectivity index is 1.83. The van der Waals surface area contributed by atoms with E-state index >= 15 is 0 Å². The summed E-state index contributed by atoms with van der Waals surface area (Å²) in [6.45, 7) is 7.07. The second-order valence-electron chi connectivity index (χ2n) is 5.22. The first kappa shape index (κ1) is 18.1. The zero-order chi connectivity index (χ0) is 17.4. The third-order valence-corrected chi connectivity index (χ3v) is 4.35. The van der Waals surface area contributed by atoms with E-state index in [1.807, 2.05) is 38.1 Å². The molecule has 0 bridgehead atoms. The number of nitrogens with zero attached hydrogens (tertiary/aromatic N) is 3. The van der Waals surface area contributed by atoms with E-state index in [4.69, 9.17) is 9.47 Å². The molecule has 0 spiro atoms. The van der Waals surface area contributed by atoms with Gasteiger partial charge in [-0.25, -0.2) is 0 Å². The van der Waals surface area contributed by atoms with E-state index in [9.17, 15) is 5.26 Å². The van der Waals surface area contributed by atoms with Crippen molar-refractivity contribution in [3.8, 4) is 17.6 Å². The molecule has 0 radical (unpaired) electrons. The van der Waals surface area contributed by atoms with Crippen LogP contribution in [0.5, 0.6) is 11.5 Å². The first-order chi connectivity index (χ1) is 11.7. The summed E-state index contributed by atoms with van der Waals surface area (Å²) in [5.74, 6) is 2.34. The van der Waals surface area contributed by atoms with Crippen molar-refractivity contribution in [3.63, 3.8) is 0 Å². The third kappa shape index (κ3) is 4.87. The van der Waals surface area contributed by atoms with Gasteiger partial charge in [0.25, 0.3) is 0 Å². The molecule has 6 heteroatoms. The molecular formula is C18H21N3O2S. The number of nitriles is 1. The van der Waals surface area contributed by atoms with Gasteiger partial charge in [0, 0.05) is 5.75 Å². The minimum atomic E-state index is 0.527. The molecule has 0 aliphatic rings. The van der Waals surface area contributed by atoms with E-state index in [0.29, 0.717) is 22.9 Å². The molecule has 2 rings (SSSR count). The van der Waals surface area contributed by atoms with Gasteiger partial charge < -0.3 is 9.47 Å². The average Bonchev–Trinajstić information content (AvgIpc) is 2.61. The molecule has 1 aromatic carbocycles. The van der Waals surface area contributed by atoms with Crippen LogP contribution in [-0.2, 0) is 0 Å². The van der Waals surface area contributed by atoms with Crippen molar-refractivity contribution in [2.24, 2.45) is 0 Å². The second kappa shape index (κ2) is 9.14. The van der Waals surface area contributed by atoms with Crippen LogP contribution in [0.15, 0.2) is 29.3 Å². The summed E-state index contributed by atoms with van der Waals surface area (Å²) in [6.07, 6.45) is 0.988. The first-order valence-corrected chi connectivity index (χ1v) is 8.86. The Hall–Kier alpha value is -2.26. The minimum Gasteiger partial charge on any atom is -0.494 e. The van der Waals surface area contributed by atoms with Gasteiger partial charge in [0.15, 0.2) is 0 Å². The molecule has 2 aromatic rings. The second-order valence-corrected chi connectivity index (χ2v) is 6.30. The summed E-state index contributed by atoms with van der Waals surface area (Å²) >= 11 is 1.48. The zero-order valence-corrected chi connectivity index (χ0v) is 15.0. The molecule has 0 saturated carbocycles. The molecule has 0 aliphatic carbocycles. The molecule has 0 amide bonds. The standard InChI is InChI=1S/C18H21N3O2S/c1-4-9-22-15-5-7-16(8-6-15)23-10-11-24-18-17(12-19)13(2)14(3)20-21-18/h5-8H,4,9-11H2,1-3H3. The topological polar surface area (TPSA) is 68.0 Å². The molecule has 24 heavy (non-hydrogen) atoms. The van der Waals surface area contributed by atoms with E-state index in [2.05, 4.69) is 23.2 Å². The predicted molar refractivity (Wildman–Crippen MR) is 94.7 cm³/mol. The molecule has 0 aliphatic heterocycles. The Bertz CT molecular complexity index is 711. The average molecular weight is 343 g/mol. The minimum absolute atomic E-state index is 0.527. The van der Waals surface area contributed by atoms with Crippen LogP contribution in [0, 0.1) is 25.2 Å². The van der Waals surface area contributed by atoms with Crippen LogP contribution in [0.4, 0.5) is 0 Å². The molecule has 0 fully saturated rings. The Kier molecular flexibility index (Phi) is 6.89. The van der Waals surface area contributed by atoms with E-state index in [1.54, 1.807) is 0 Å². The lowest BCUT2D eigenvalue weighted by Crippen LogP contribution is -2.03. The van der Waals surface area contributed by atoms with Gasteiger partial charge in [-0.3, -0.25) is 0 Å². The number of hydrogen-bond donors (Lipinski definition) is 0. The van der Waals surface area contributed by atoms with Crippen molar-refractivity contribution >= 4 is 11.8 Å². The van der Waals surface area contributed by atoms with Crippen LogP contribution in [0.1, 0.15) is 30.2 Å². The van der Waals surface area contributed by atoms with Gasteiger partial charge in [-0.05, 0) is 50.1 Å². The van der Waals surface area contributed by atoms with E-state index in [1.165, 1.54) is 11.8 Å². The van der Waals surface area contributed by atoms with Crippen LogP contribution in [-0.4, -0.2) is 29.2 Å². The summed E-state index contributed by atoms with van der Waals surface area (Å²) in [4.78, 5) is 0. The summed E-state index contributed by atoms with van der Waals surface area (Å²) in [5, 5.41) is 18.1. The molecule has 1 heterocycles. The van der Waals surface area contributed by atoms with Gasteiger partial charge in [-0.2, -0.15) is 10.4 Å². The highest BCUT2D eigenvalue weighted by molar-refractivity contribution is 7.99. The van der Waals surface area contributed by atoms with E-state index in [0.717, 1.165) is 35.8 Å². The summed E-state index contributed by atoms with van der Waals surface area (Å²) in [7, 11) is 0. The Labute approximate surface area is 147 Å². The molecule has 0 unspecified atom stereocenters. The van der Waals surface area contributed by atoms with Crippen molar-refractivity contribution in [2.75, 3.05) is 19.0 Å². The highest BCUT2D eigenvalue weighted by atomic mass is 32.2. The molecule has 126 valence electrons. The third-order valence-electron chi connectivity index (χ3n) is 3.42. The van der Waals surface area contributed by atoms with Crippen molar-refractivity contribution in [2.45, 2.75) is 32.2 Å². The predicted octanol–water partition coefficient (Wildman–Crippen LogP) is 3.93.